The fraction of sp³-hybridized carbons (Fsp3) is 0.821. The van der Waals surface area contributed by atoms with Gasteiger partial charge in [-0.3, -0.25) is 24.0 Å². The normalized spacial score (nSPS) is 21.9. The molecule has 1 aliphatic heterocycles. The van der Waals surface area contributed by atoms with Crippen molar-refractivity contribution in [2.45, 2.75) is 117 Å². The summed E-state index contributed by atoms with van der Waals surface area (Å²) in [6.45, 7) is 16.0. The number of Topliss-reactive ketones (excluding diaryl/α,β-unsaturated/α-hetero) is 1. The fourth-order valence-corrected chi connectivity index (χ4v) is 4.41. The van der Waals surface area contributed by atoms with Crippen LogP contribution in [-0.4, -0.2) is 88.9 Å². The first kappa shape index (κ1) is 34.5. The second kappa shape index (κ2) is 14.7. The monoisotopic (exact) mass is 554 g/mol. The molecule has 4 N–H and O–H groups in total. The minimum Gasteiger partial charge on any atom is -0.391 e. The number of aliphatic hydroxyl groups excluding tert-OH is 1. The van der Waals surface area contributed by atoms with Crippen molar-refractivity contribution in [1.82, 2.24) is 20.9 Å². The van der Waals surface area contributed by atoms with Gasteiger partial charge in [0.15, 0.2) is 5.78 Å². The molecule has 0 aromatic heterocycles. The van der Waals surface area contributed by atoms with Crippen molar-refractivity contribution in [3.05, 3.63) is 0 Å². The first-order chi connectivity index (χ1) is 18.0. The Morgan fingerprint density at radius 1 is 0.872 bits per heavy atom. The summed E-state index contributed by atoms with van der Waals surface area (Å²) in [6.07, 6.45) is 0.280. The van der Waals surface area contributed by atoms with Crippen molar-refractivity contribution in [2.75, 3.05) is 13.7 Å². The third-order valence-electron chi connectivity index (χ3n) is 7.66. The Kier molecular flexibility index (Phi) is 13.0. The van der Waals surface area contributed by atoms with Gasteiger partial charge in [-0.25, -0.2) is 0 Å². The van der Waals surface area contributed by atoms with Crippen LogP contribution in [0.15, 0.2) is 0 Å². The average Bonchev–Trinajstić information content (AvgIpc) is 3.61. The highest BCUT2D eigenvalue weighted by molar-refractivity contribution is 5.99. The molecule has 8 atom stereocenters. The van der Waals surface area contributed by atoms with Crippen molar-refractivity contribution in [2.24, 2.45) is 17.8 Å². The van der Waals surface area contributed by atoms with Gasteiger partial charge in [0.05, 0.1) is 18.8 Å². The van der Waals surface area contributed by atoms with Gasteiger partial charge in [-0.05, 0) is 38.0 Å². The summed E-state index contributed by atoms with van der Waals surface area (Å²) in [6, 6.07) is -4.00. The lowest BCUT2D eigenvalue weighted by Crippen LogP contribution is -2.62. The lowest BCUT2D eigenvalue weighted by Gasteiger charge is -2.34. The maximum absolute atomic E-state index is 13.4. The largest absolute Gasteiger partial charge is 0.391 e. The zero-order valence-electron chi connectivity index (χ0n) is 25.3. The number of nitrogens with zero attached hydrogens (tertiary/aromatic N) is 1. The second-order valence-electron chi connectivity index (χ2n) is 11.6. The van der Waals surface area contributed by atoms with Gasteiger partial charge in [0.2, 0.25) is 23.6 Å². The van der Waals surface area contributed by atoms with E-state index in [0.29, 0.717) is 19.3 Å². The molecule has 1 rings (SSSR count). The highest BCUT2D eigenvalue weighted by atomic mass is 16.6. The zero-order valence-corrected chi connectivity index (χ0v) is 25.3. The molecule has 2 unspecified atom stereocenters. The predicted octanol–water partition coefficient (Wildman–Crippen LogP) is 1.16. The summed E-state index contributed by atoms with van der Waals surface area (Å²) in [5.41, 5.74) is -0.943. The van der Waals surface area contributed by atoms with E-state index in [9.17, 15) is 29.1 Å². The molecular formula is C28H50N4O7. The summed E-state index contributed by atoms with van der Waals surface area (Å²) < 4.78 is 5.27. The molecule has 0 saturated carbocycles. The van der Waals surface area contributed by atoms with Crippen molar-refractivity contribution >= 4 is 29.4 Å². The smallest absolute Gasteiger partial charge is 0.245 e. The van der Waals surface area contributed by atoms with Crippen LogP contribution in [0.25, 0.3) is 0 Å². The molecule has 0 bridgehead atoms. The standard InChI is InChI=1S/C28H50N4O7/c1-11-16(5)21(30-27(38)23(17(6)12-2)32(10)19(8)34)25(36)31-22(18(7)33)26(37)29-20(13-15(3)4)24(35)28(9)14-39-28/h15-18,20-23,33H,11-14H2,1-10H3,(H,29,37)(H,30,38)(H,31,36)/t16?,17-,18+,20-,21?,22-,23-,28+/m0/s1. The Labute approximate surface area is 233 Å². The Bertz CT molecular complexity index is 887. The molecular weight excluding hydrogens is 504 g/mol. The highest BCUT2D eigenvalue weighted by Crippen LogP contribution is 2.29. The van der Waals surface area contributed by atoms with Gasteiger partial charge < -0.3 is 30.7 Å². The first-order valence-electron chi connectivity index (χ1n) is 14.0. The van der Waals surface area contributed by atoms with E-state index in [0.717, 1.165) is 0 Å². The number of epoxide rings is 1. The van der Waals surface area contributed by atoms with Gasteiger partial charge >= 0.3 is 0 Å². The molecule has 1 saturated heterocycles. The summed E-state index contributed by atoms with van der Waals surface area (Å²) >= 11 is 0. The van der Waals surface area contributed by atoms with E-state index >= 15 is 0 Å². The molecule has 0 aromatic rings. The Morgan fingerprint density at radius 2 is 1.36 bits per heavy atom. The van der Waals surface area contributed by atoms with Crippen molar-refractivity contribution in [3.8, 4) is 0 Å². The number of aliphatic hydroxyl groups is 1. The van der Waals surface area contributed by atoms with Crippen LogP contribution in [0.3, 0.4) is 0 Å². The minimum absolute atomic E-state index is 0.0952. The van der Waals surface area contributed by atoms with Crippen LogP contribution in [-0.2, 0) is 28.7 Å². The molecule has 11 heteroatoms. The van der Waals surface area contributed by atoms with E-state index in [1.807, 2.05) is 34.6 Å². The van der Waals surface area contributed by atoms with E-state index in [4.69, 9.17) is 4.74 Å². The maximum Gasteiger partial charge on any atom is 0.245 e. The molecule has 4 amide bonds. The third kappa shape index (κ3) is 9.56. The van der Waals surface area contributed by atoms with Gasteiger partial charge in [-0.2, -0.15) is 0 Å². The van der Waals surface area contributed by atoms with E-state index in [2.05, 4.69) is 16.0 Å². The van der Waals surface area contributed by atoms with E-state index in [-0.39, 0.29) is 36.1 Å². The van der Waals surface area contributed by atoms with Crippen LogP contribution in [0.4, 0.5) is 0 Å². The van der Waals surface area contributed by atoms with Crippen LogP contribution in [0.2, 0.25) is 0 Å². The lowest BCUT2D eigenvalue weighted by atomic mass is 9.92. The van der Waals surface area contributed by atoms with Gasteiger partial charge in [-0.1, -0.05) is 54.4 Å². The first-order valence-corrected chi connectivity index (χ1v) is 14.0. The number of carbonyl (C=O) groups is 5. The van der Waals surface area contributed by atoms with Crippen LogP contribution in [0.1, 0.15) is 81.6 Å². The number of hydrogen-bond donors (Lipinski definition) is 4. The second-order valence-corrected chi connectivity index (χ2v) is 11.6. The Morgan fingerprint density at radius 3 is 1.77 bits per heavy atom. The molecule has 0 radical (unpaired) electrons. The molecule has 0 aromatic carbocycles. The average molecular weight is 555 g/mol. The van der Waals surface area contributed by atoms with E-state index < -0.39 is 53.6 Å². The van der Waals surface area contributed by atoms with Crippen molar-refractivity contribution in [3.63, 3.8) is 0 Å². The number of ketones is 1. The number of amides is 4. The number of rotatable bonds is 16. The fourth-order valence-electron chi connectivity index (χ4n) is 4.41. The molecule has 11 nitrogen and oxygen atoms in total. The Balaban J connectivity index is 3.15. The van der Waals surface area contributed by atoms with Gasteiger partial charge in [-0.15, -0.1) is 0 Å². The molecule has 1 heterocycles. The third-order valence-corrected chi connectivity index (χ3v) is 7.66. The van der Waals surface area contributed by atoms with Gasteiger partial charge in [0.1, 0.15) is 23.7 Å². The highest BCUT2D eigenvalue weighted by Gasteiger charge is 2.50. The van der Waals surface area contributed by atoms with E-state index in [1.165, 1.54) is 18.7 Å². The number of nitrogens with one attached hydrogen (secondary N) is 3. The van der Waals surface area contributed by atoms with E-state index in [1.54, 1.807) is 20.9 Å². The van der Waals surface area contributed by atoms with Crippen LogP contribution < -0.4 is 16.0 Å². The quantitative estimate of drug-likeness (QED) is 0.209. The molecule has 224 valence electrons. The molecule has 39 heavy (non-hydrogen) atoms. The maximum atomic E-state index is 13.4. The zero-order chi connectivity index (χ0) is 30.2. The summed E-state index contributed by atoms with van der Waals surface area (Å²) in [5.74, 6) is -2.73. The topological polar surface area (TPSA) is 157 Å². The summed E-state index contributed by atoms with van der Waals surface area (Å²) in [5, 5.41) is 18.5. The molecule has 0 aliphatic carbocycles. The number of hydrogen-bond acceptors (Lipinski definition) is 7. The van der Waals surface area contributed by atoms with Crippen molar-refractivity contribution < 1.29 is 33.8 Å². The number of ether oxygens (including phenoxy) is 1. The van der Waals surface area contributed by atoms with Gasteiger partial charge in [0.25, 0.3) is 0 Å². The van der Waals surface area contributed by atoms with Gasteiger partial charge in [0, 0.05) is 14.0 Å². The van der Waals surface area contributed by atoms with Crippen LogP contribution >= 0.6 is 0 Å². The van der Waals surface area contributed by atoms with Crippen LogP contribution in [0.5, 0.6) is 0 Å². The predicted molar refractivity (Wildman–Crippen MR) is 147 cm³/mol. The van der Waals surface area contributed by atoms with Crippen LogP contribution in [0, 0.1) is 17.8 Å². The summed E-state index contributed by atoms with van der Waals surface area (Å²) in [4.78, 5) is 66.4. The Hall–Kier alpha value is -2.53. The molecule has 1 fully saturated rings. The number of likely N-dealkylation sites (N-methyl/N-ethyl adjacent to an activating group) is 1. The minimum atomic E-state index is -1.36. The molecule has 1 aliphatic rings. The summed E-state index contributed by atoms with van der Waals surface area (Å²) in [7, 11) is 1.55. The number of carbonyl (C=O) groups excluding carboxylic acids is 5. The lowest BCUT2D eigenvalue weighted by molar-refractivity contribution is -0.141. The SMILES string of the molecule is CCC(C)C(NC(=O)[C@H]([C@@H](C)CC)N(C)C(C)=O)C(=O)N[C@H](C(=O)N[C@@H](CC(C)C)C(=O)[C@@]1(C)CO1)[C@@H](C)O. The van der Waals surface area contributed by atoms with Crippen molar-refractivity contribution in [1.29, 1.82) is 0 Å². The molecule has 0 spiro atoms.